The van der Waals surface area contributed by atoms with Crippen molar-refractivity contribution >= 4 is 10.9 Å². The average molecular weight is 502 g/mol. The van der Waals surface area contributed by atoms with Crippen LogP contribution >= 0.6 is 0 Å². The number of piperazine rings is 1. The van der Waals surface area contributed by atoms with E-state index in [-0.39, 0.29) is 0 Å². The Morgan fingerprint density at radius 3 is 1.82 bits per heavy atom. The zero-order valence-electron chi connectivity index (χ0n) is 21.8. The first-order valence-electron chi connectivity index (χ1n) is 13.6. The van der Waals surface area contributed by atoms with Crippen molar-refractivity contribution in [2.45, 2.75) is 19.2 Å². The molecule has 1 saturated heterocycles. The second-order valence-electron chi connectivity index (χ2n) is 10.3. The number of β-amino-alcohol motifs (C(OH)–C–C–N with tert-alkyl or cyclic N) is 1. The standard InChI is InChI=1S/C34H35N3O/c38-30(25-36-22-20-35(21-23-36)24-27-12-4-1-5-13-27)26-37-32-19-11-10-18-31(32)33(28-14-6-2-7-15-28)34(37)29-16-8-3-9-17-29/h1-19,30,38H,20-26H2. The third kappa shape index (κ3) is 5.30. The van der Waals surface area contributed by atoms with E-state index >= 15 is 0 Å². The van der Waals surface area contributed by atoms with Crippen LogP contribution < -0.4 is 0 Å². The maximum absolute atomic E-state index is 11.4. The molecule has 38 heavy (non-hydrogen) atoms. The number of aliphatic hydroxyl groups excluding tert-OH is 1. The van der Waals surface area contributed by atoms with E-state index in [1.165, 1.54) is 33.3 Å². The summed E-state index contributed by atoms with van der Waals surface area (Å²) >= 11 is 0. The summed E-state index contributed by atoms with van der Waals surface area (Å²) in [5, 5.41) is 12.6. The summed E-state index contributed by atoms with van der Waals surface area (Å²) in [6, 6.07) is 40.5. The van der Waals surface area contributed by atoms with Gasteiger partial charge >= 0.3 is 0 Å². The predicted molar refractivity (Wildman–Crippen MR) is 157 cm³/mol. The number of nitrogens with zero attached hydrogens (tertiary/aromatic N) is 3. The van der Waals surface area contributed by atoms with E-state index in [4.69, 9.17) is 0 Å². The second kappa shape index (κ2) is 11.4. The molecule has 5 aromatic rings. The van der Waals surface area contributed by atoms with E-state index < -0.39 is 6.10 Å². The molecule has 0 radical (unpaired) electrons. The Morgan fingerprint density at radius 2 is 1.13 bits per heavy atom. The first kappa shape index (κ1) is 24.6. The first-order valence-corrected chi connectivity index (χ1v) is 13.6. The van der Waals surface area contributed by atoms with Gasteiger partial charge in [-0.1, -0.05) is 109 Å². The SMILES string of the molecule is OC(CN1CCN(Cc2ccccc2)CC1)Cn1c(-c2ccccc2)c(-c2ccccc2)c2ccccc21. The van der Waals surface area contributed by atoms with E-state index in [1.807, 2.05) is 0 Å². The lowest BCUT2D eigenvalue weighted by molar-refractivity contribution is 0.0631. The molecule has 1 unspecified atom stereocenters. The number of rotatable bonds is 8. The Morgan fingerprint density at radius 1 is 0.579 bits per heavy atom. The lowest BCUT2D eigenvalue weighted by atomic mass is 9.98. The highest BCUT2D eigenvalue weighted by Gasteiger charge is 2.24. The van der Waals surface area contributed by atoms with Crippen molar-refractivity contribution in [3.8, 4) is 22.4 Å². The molecule has 192 valence electrons. The number of aromatic nitrogens is 1. The van der Waals surface area contributed by atoms with Crippen LogP contribution in [-0.4, -0.2) is 58.3 Å². The van der Waals surface area contributed by atoms with Gasteiger partial charge in [-0.05, 0) is 22.8 Å². The minimum Gasteiger partial charge on any atom is -0.390 e. The van der Waals surface area contributed by atoms with Gasteiger partial charge in [0, 0.05) is 55.7 Å². The summed E-state index contributed by atoms with van der Waals surface area (Å²) in [5.74, 6) is 0. The largest absolute Gasteiger partial charge is 0.390 e. The molecule has 0 spiro atoms. The molecule has 4 nitrogen and oxygen atoms in total. The Balaban J connectivity index is 1.24. The zero-order chi connectivity index (χ0) is 25.7. The first-order chi connectivity index (χ1) is 18.8. The summed E-state index contributed by atoms with van der Waals surface area (Å²) in [4.78, 5) is 4.93. The van der Waals surface area contributed by atoms with Gasteiger partial charge in [-0.2, -0.15) is 0 Å². The molecule has 1 aliphatic rings. The molecule has 1 fully saturated rings. The molecule has 0 amide bonds. The summed E-state index contributed by atoms with van der Waals surface area (Å²) < 4.78 is 2.34. The Bertz CT molecular complexity index is 1460. The number of benzene rings is 4. The van der Waals surface area contributed by atoms with Gasteiger partial charge in [0.05, 0.1) is 18.3 Å². The molecular weight excluding hydrogens is 466 g/mol. The van der Waals surface area contributed by atoms with E-state index in [0.717, 1.165) is 38.2 Å². The predicted octanol–water partition coefficient (Wildman–Crippen LogP) is 6.15. The van der Waals surface area contributed by atoms with E-state index in [2.05, 4.69) is 130 Å². The van der Waals surface area contributed by atoms with Gasteiger partial charge < -0.3 is 9.67 Å². The average Bonchev–Trinajstić information content (AvgIpc) is 3.29. The van der Waals surface area contributed by atoms with Crippen molar-refractivity contribution in [2.75, 3.05) is 32.7 Å². The molecule has 0 aliphatic carbocycles. The van der Waals surface area contributed by atoms with Gasteiger partial charge in [-0.25, -0.2) is 0 Å². The summed E-state index contributed by atoms with van der Waals surface area (Å²) in [6.45, 7) is 6.26. The number of fused-ring (bicyclic) bond motifs is 1. The third-order valence-corrected chi connectivity index (χ3v) is 7.66. The summed E-state index contributed by atoms with van der Waals surface area (Å²) in [5.41, 5.74) is 7.30. The highest BCUT2D eigenvalue weighted by Crippen LogP contribution is 2.41. The minimum atomic E-state index is -0.461. The topological polar surface area (TPSA) is 31.6 Å². The van der Waals surface area contributed by atoms with Crippen LogP contribution in [0.25, 0.3) is 33.3 Å². The van der Waals surface area contributed by atoms with E-state index in [1.54, 1.807) is 0 Å². The van der Waals surface area contributed by atoms with Crippen molar-refractivity contribution in [3.05, 3.63) is 121 Å². The van der Waals surface area contributed by atoms with Gasteiger partial charge in [0.25, 0.3) is 0 Å². The fourth-order valence-corrected chi connectivity index (χ4v) is 5.82. The highest BCUT2D eigenvalue weighted by atomic mass is 16.3. The maximum Gasteiger partial charge on any atom is 0.0845 e. The van der Waals surface area contributed by atoms with Crippen LogP contribution in [0.4, 0.5) is 0 Å². The zero-order valence-corrected chi connectivity index (χ0v) is 21.8. The molecule has 0 saturated carbocycles. The minimum absolute atomic E-state index is 0.461. The van der Waals surface area contributed by atoms with E-state index in [0.29, 0.717) is 13.1 Å². The van der Waals surface area contributed by atoms with Crippen LogP contribution in [0.15, 0.2) is 115 Å². The molecule has 1 N–H and O–H groups in total. The van der Waals surface area contributed by atoms with Crippen LogP contribution in [0, 0.1) is 0 Å². The Kier molecular flexibility index (Phi) is 7.36. The molecule has 2 heterocycles. The van der Waals surface area contributed by atoms with Crippen molar-refractivity contribution < 1.29 is 5.11 Å². The Labute approximate surface area is 225 Å². The molecule has 1 atom stereocenters. The number of aliphatic hydroxyl groups is 1. The number of hydrogen-bond acceptors (Lipinski definition) is 3. The Hall–Kier alpha value is -3.70. The van der Waals surface area contributed by atoms with Crippen LogP contribution in [0.3, 0.4) is 0 Å². The smallest absolute Gasteiger partial charge is 0.0845 e. The molecule has 6 rings (SSSR count). The van der Waals surface area contributed by atoms with Crippen molar-refractivity contribution in [1.82, 2.24) is 14.4 Å². The fourth-order valence-electron chi connectivity index (χ4n) is 5.82. The molecule has 1 aliphatic heterocycles. The molecule has 4 aromatic carbocycles. The van der Waals surface area contributed by atoms with Gasteiger partial charge in [0.2, 0.25) is 0 Å². The normalized spacial score (nSPS) is 15.6. The van der Waals surface area contributed by atoms with Crippen molar-refractivity contribution in [1.29, 1.82) is 0 Å². The second-order valence-corrected chi connectivity index (χ2v) is 10.3. The van der Waals surface area contributed by atoms with Gasteiger partial charge in [0.1, 0.15) is 0 Å². The fraction of sp³-hybridized carbons (Fsp3) is 0.235. The molecule has 0 bridgehead atoms. The van der Waals surface area contributed by atoms with Crippen LogP contribution in [0.5, 0.6) is 0 Å². The van der Waals surface area contributed by atoms with Gasteiger partial charge in [0.15, 0.2) is 0 Å². The highest BCUT2D eigenvalue weighted by molar-refractivity contribution is 6.04. The van der Waals surface area contributed by atoms with Crippen molar-refractivity contribution in [2.24, 2.45) is 0 Å². The number of para-hydroxylation sites is 1. The van der Waals surface area contributed by atoms with Crippen LogP contribution in [-0.2, 0) is 13.1 Å². The molecule has 4 heteroatoms. The third-order valence-electron chi connectivity index (χ3n) is 7.66. The van der Waals surface area contributed by atoms with Crippen molar-refractivity contribution in [3.63, 3.8) is 0 Å². The number of hydrogen-bond donors (Lipinski definition) is 1. The van der Waals surface area contributed by atoms with E-state index in [9.17, 15) is 5.11 Å². The van der Waals surface area contributed by atoms with Gasteiger partial charge in [-0.15, -0.1) is 0 Å². The summed E-state index contributed by atoms with van der Waals surface area (Å²) in [6.07, 6.45) is -0.461. The lowest BCUT2D eigenvalue weighted by Crippen LogP contribution is -2.48. The quantitative estimate of drug-likeness (QED) is 0.277. The van der Waals surface area contributed by atoms with Crippen LogP contribution in [0.2, 0.25) is 0 Å². The molecular formula is C34H35N3O. The van der Waals surface area contributed by atoms with Crippen LogP contribution in [0.1, 0.15) is 5.56 Å². The monoisotopic (exact) mass is 501 g/mol. The maximum atomic E-state index is 11.4. The van der Waals surface area contributed by atoms with Gasteiger partial charge in [-0.3, -0.25) is 9.80 Å². The lowest BCUT2D eigenvalue weighted by Gasteiger charge is -2.35. The summed E-state index contributed by atoms with van der Waals surface area (Å²) in [7, 11) is 0. The molecule has 1 aromatic heterocycles.